The van der Waals surface area contributed by atoms with Crippen molar-refractivity contribution >= 4 is 32.6 Å². The van der Waals surface area contributed by atoms with Crippen LogP contribution >= 0.6 is 11.3 Å². The monoisotopic (exact) mass is 313 g/mol. The minimum absolute atomic E-state index is 0.270. The summed E-state index contributed by atoms with van der Waals surface area (Å²) >= 11 is 1.45. The number of nitrogens with zero attached hydrogens (tertiary/aromatic N) is 2. The molecule has 0 aliphatic carbocycles. The van der Waals surface area contributed by atoms with Crippen molar-refractivity contribution in [2.75, 3.05) is 11.9 Å². The lowest BCUT2D eigenvalue weighted by Gasteiger charge is -2.07. The van der Waals surface area contributed by atoms with Crippen molar-refractivity contribution in [3.63, 3.8) is 0 Å². The van der Waals surface area contributed by atoms with Gasteiger partial charge in [-0.25, -0.2) is 9.97 Å². The zero-order valence-electron chi connectivity index (χ0n) is 12.3. The van der Waals surface area contributed by atoms with E-state index in [2.05, 4.69) is 15.3 Å². The van der Waals surface area contributed by atoms with Crippen LogP contribution in [0.15, 0.2) is 36.5 Å². The number of nitrogens with one attached hydrogen (secondary N) is 1. The van der Waals surface area contributed by atoms with Crippen molar-refractivity contribution in [1.29, 1.82) is 0 Å². The zero-order chi connectivity index (χ0) is 15.5. The number of hydrogen-bond acceptors (Lipinski definition) is 5. The molecule has 0 fully saturated rings. The van der Waals surface area contributed by atoms with Gasteiger partial charge in [0.05, 0.1) is 16.8 Å². The molecule has 1 aromatic carbocycles. The van der Waals surface area contributed by atoms with Gasteiger partial charge in [-0.3, -0.25) is 10.1 Å². The molecule has 0 radical (unpaired) electrons. The molecule has 0 saturated carbocycles. The summed E-state index contributed by atoms with van der Waals surface area (Å²) < 4.78 is 6.43. The molecule has 0 aliphatic rings. The van der Waals surface area contributed by atoms with E-state index in [-0.39, 0.29) is 5.91 Å². The summed E-state index contributed by atoms with van der Waals surface area (Å²) in [6, 6.07) is 9.37. The van der Waals surface area contributed by atoms with Gasteiger partial charge in [0.25, 0.3) is 5.91 Å². The minimum Gasteiger partial charge on any atom is -0.477 e. The number of ether oxygens (including phenoxy) is 1. The highest BCUT2D eigenvalue weighted by Gasteiger charge is 2.15. The predicted octanol–water partition coefficient (Wildman–Crippen LogP) is 3.65. The number of carbonyl (C=O) groups is 1. The van der Waals surface area contributed by atoms with Crippen LogP contribution in [0.1, 0.15) is 22.8 Å². The average molecular weight is 313 g/mol. The Kier molecular flexibility index (Phi) is 4.02. The zero-order valence-corrected chi connectivity index (χ0v) is 13.1. The van der Waals surface area contributed by atoms with E-state index >= 15 is 0 Å². The number of fused-ring (bicyclic) bond motifs is 1. The summed E-state index contributed by atoms with van der Waals surface area (Å²) in [5, 5.41) is 3.39. The molecule has 1 amide bonds. The predicted molar refractivity (Wildman–Crippen MR) is 87.7 cm³/mol. The molecule has 1 N–H and O–H groups in total. The number of hydrogen-bond donors (Lipinski definition) is 1. The quantitative estimate of drug-likeness (QED) is 0.798. The van der Waals surface area contributed by atoms with E-state index in [0.29, 0.717) is 23.2 Å². The van der Waals surface area contributed by atoms with Crippen LogP contribution in [0.25, 0.3) is 10.2 Å². The second-order valence-electron chi connectivity index (χ2n) is 4.68. The van der Waals surface area contributed by atoms with Gasteiger partial charge in [0.2, 0.25) is 5.88 Å². The number of thiazole rings is 1. The largest absolute Gasteiger partial charge is 0.477 e. The van der Waals surface area contributed by atoms with Crippen molar-refractivity contribution < 1.29 is 9.53 Å². The standard InChI is InChI=1S/C16H15N3O2S/c1-3-21-15-11(7-5-9-17-15)14(20)19-16-18-13-10(2)6-4-8-12(13)22-16/h4-9H,3H2,1-2H3,(H,18,19,20). The summed E-state index contributed by atoms with van der Waals surface area (Å²) in [5.74, 6) is 0.0630. The lowest BCUT2D eigenvalue weighted by molar-refractivity contribution is 0.102. The van der Waals surface area contributed by atoms with Crippen LogP contribution in [0.3, 0.4) is 0 Å². The third-order valence-electron chi connectivity index (χ3n) is 3.14. The van der Waals surface area contributed by atoms with E-state index in [1.165, 1.54) is 11.3 Å². The highest BCUT2D eigenvalue weighted by atomic mass is 32.1. The maximum Gasteiger partial charge on any atom is 0.262 e. The van der Waals surface area contributed by atoms with Crippen LogP contribution in [0.2, 0.25) is 0 Å². The Balaban J connectivity index is 1.88. The van der Waals surface area contributed by atoms with Crippen LogP contribution < -0.4 is 10.1 Å². The smallest absolute Gasteiger partial charge is 0.262 e. The topological polar surface area (TPSA) is 64.1 Å². The molecule has 5 nitrogen and oxygen atoms in total. The number of aryl methyl sites for hydroxylation is 1. The van der Waals surface area contributed by atoms with Gasteiger partial charge in [0, 0.05) is 6.20 Å². The van der Waals surface area contributed by atoms with E-state index in [4.69, 9.17) is 4.74 Å². The Morgan fingerprint density at radius 2 is 2.18 bits per heavy atom. The van der Waals surface area contributed by atoms with Crippen molar-refractivity contribution in [1.82, 2.24) is 9.97 Å². The van der Waals surface area contributed by atoms with E-state index in [0.717, 1.165) is 15.8 Å². The first kappa shape index (κ1) is 14.5. The molecular weight excluding hydrogens is 298 g/mol. The average Bonchev–Trinajstić information content (AvgIpc) is 2.92. The molecular formula is C16H15N3O2S. The van der Waals surface area contributed by atoms with Crippen molar-refractivity contribution in [3.8, 4) is 5.88 Å². The van der Waals surface area contributed by atoms with Crippen molar-refractivity contribution in [2.24, 2.45) is 0 Å². The highest BCUT2D eigenvalue weighted by molar-refractivity contribution is 7.22. The summed E-state index contributed by atoms with van der Waals surface area (Å²) in [7, 11) is 0. The fraction of sp³-hybridized carbons (Fsp3) is 0.188. The molecule has 2 aromatic heterocycles. The Labute approximate surface area is 132 Å². The van der Waals surface area contributed by atoms with Gasteiger partial charge in [0.15, 0.2) is 5.13 Å². The Morgan fingerprint density at radius 1 is 1.32 bits per heavy atom. The third kappa shape index (κ3) is 2.78. The lowest BCUT2D eigenvalue weighted by atomic mass is 10.2. The first-order chi connectivity index (χ1) is 10.7. The fourth-order valence-corrected chi connectivity index (χ4v) is 3.06. The summed E-state index contributed by atoms with van der Waals surface area (Å²) in [5.41, 5.74) is 2.41. The molecule has 6 heteroatoms. The molecule has 0 spiro atoms. The van der Waals surface area contributed by atoms with E-state index < -0.39 is 0 Å². The maximum atomic E-state index is 12.4. The first-order valence-corrected chi connectivity index (χ1v) is 7.76. The summed E-state index contributed by atoms with van der Waals surface area (Å²) in [4.78, 5) is 21.0. The number of carbonyl (C=O) groups excluding carboxylic acids is 1. The Morgan fingerprint density at radius 3 is 2.95 bits per heavy atom. The molecule has 0 aliphatic heterocycles. The molecule has 3 aromatic rings. The van der Waals surface area contributed by atoms with Crippen molar-refractivity contribution in [3.05, 3.63) is 47.7 Å². The molecule has 112 valence electrons. The van der Waals surface area contributed by atoms with Gasteiger partial charge in [-0.1, -0.05) is 23.5 Å². The van der Waals surface area contributed by atoms with E-state index in [1.807, 2.05) is 32.0 Å². The van der Waals surface area contributed by atoms with Gasteiger partial charge < -0.3 is 4.74 Å². The third-order valence-corrected chi connectivity index (χ3v) is 4.07. The van der Waals surface area contributed by atoms with Gasteiger partial charge in [0.1, 0.15) is 5.56 Å². The summed E-state index contributed by atoms with van der Waals surface area (Å²) in [6.45, 7) is 4.31. The first-order valence-electron chi connectivity index (χ1n) is 6.94. The Hall–Kier alpha value is -2.47. The summed E-state index contributed by atoms with van der Waals surface area (Å²) in [6.07, 6.45) is 1.60. The van der Waals surface area contributed by atoms with Gasteiger partial charge in [-0.2, -0.15) is 0 Å². The van der Waals surface area contributed by atoms with Gasteiger partial charge in [-0.15, -0.1) is 0 Å². The van der Waals surface area contributed by atoms with Crippen LogP contribution in [0.5, 0.6) is 5.88 Å². The van der Waals surface area contributed by atoms with E-state index in [1.54, 1.807) is 18.3 Å². The van der Waals surface area contributed by atoms with Crippen LogP contribution in [-0.4, -0.2) is 22.5 Å². The second kappa shape index (κ2) is 6.11. The number of amides is 1. The van der Waals surface area contributed by atoms with Crippen LogP contribution in [0.4, 0.5) is 5.13 Å². The second-order valence-corrected chi connectivity index (χ2v) is 5.71. The number of rotatable bonds is 4. The van der Waals surface area contributed by atoms with Gasteiger partial charge >= 0.3 is 0 Å². The number of benzene rings is 1. The Bertz CT molecular complexity index is 829. The molecule has 0 bridgehead atoms. The normalized spacial score (nSPS) is 10.6. The molecule has 0 saturated heterocycles. The minimum atomic E-state index is -0.270. The maximum absolute atomic E-state index is 12.4. The molecule has 3 rings (SSSR count). The number of para-hydroxylation sites is 1. The molecule has 22 heavy (non-hydrogen) atoms. The number of aromatic nitrogens is 2. The number of anilines is 1. The highest BCUT2D eigenvalue weighted by Crippen LogP contribution is 2.28. The lowest BCUT2D eigenvalue weighted by Crippen LogP contribution is -2.14. The van der Waals surface area contributed by atoms with Crippen LogP contribution in [0, 0.1) is 6.92 Å². The van der Waals surface area contributed by atoms with Crippen molar-refractivity contribution in [2.45, 2.75) is 13.8 Å². The molecule has 0 unspecified atom stereocenters. The fourth-order valence-electron chi connectivity index (χ4n) is 2.12. The molecule has 0 atom stereocenters. The molecule has 2 heterocycles. The van der Waals surface area contributed by atoms with Gasteiger partial charge in [-0.05, 0) is 37.6 Å². The van der Waals surface area contributed by atoms with Crippen LogP contribution in [-0.2, 0) is 0 Å². The number of pyridine rings is 1. The SMILES string of the molecule is CCOc1ncccc1C(=O)Nc1nc2c(C)cccc2s1. The van der Waals surface area contributed by atoms with E-state index in [9.17, 15) is 4.79 Å².